The molecule has 2 aliphatic heterocycles. The molecule has 2 saturated heterocycles. The molecule has 2 aliphatic rings. The number of methoxy groups -OCH3 is 1. The van der Waals surface area contributed by atoms with Crippen LogP contribution in [0.3, 0.4) is 0 Å². The molecule has 0 spiro atoms. The summed E-state index contributed by atoms with van der Waals surface area (Å²) >= 11 is 0. The molecule has 0 N–H and O–H groups in total. The van der Waals surface area contributed by atoms with E-state index in [1.807, 2.05) is 6.92 Å². The number of rotatable bonds is 4. The van der Waals surface area contributed by atoms with Gasteiger partial charge in [-0.2, -0.15) is 0 Å². The molecule has 0 radical (unpaired) electrons. The lowest BCUT2D eigenvalue weighted by atomic mass is 10.1. The van der Waals surface area contributed by atoms with Crippen LogP contribution < -0.4 is 4.90 Å². The highest BCUT2D eigenvalue weighted by atomic mass is 16.5. The van der Waals surface area contributed by atoms with Gasteiger partial charge in [-0.3, -0.25) is 0 Å². The Morgan fingerprint density at radius 1 is 1.24 bits per heavy atom. The van der Waals surface area contributed by atoms with E-state index in [0.29, 0.717) is 18.7 Å². The van der Waals surface area contributed by atoms with Gasteiger partial charge in [0.15, 0.2) is 5.82 Å². The Balaban J connectivity index is 1.88. The molecule has 21 heavy (non-hydrogen) atoms. The highest BCUT2D eigenvalue weighted by Crippen LogP contribution is 2.34. The molecule has 2 bridgehead atoms. The van der Waals surface area contributed by atoms with Crippen LogP contribution in [0, 0.1) is 6.92 Å². The third kappa shape index (κ3) is 3.04. The SMILES string of the molecule is CCN1CCC2CCC(C1)N2c1cc(C)nc(COC)n1. The third-order valence-electron chi connectivity index (χ3n) is 4.74. The van der Waals surface area contributed by atoms with Crippen LogP contribution in [0.4, 0.5) is 5.82 Å². The van der Waals surface area contributed by atoms with Crippen LogP contribution in [0.2, 0.25) is 0 Å². The first-order chi connectivity index (χ1) is 10.2. The second-order valence-corrected chi connectivity index (χ2v) is 6.19. The molecular formula is C16H26N4O. The summed E-state index contributed by atoms with van der Waals surface area (Å²) in [6.07, 6.45) is 3.82. The zero-order chi connectivity index (χ0) is 14.8. The second-order valence-electron chi connectivity index (χ2n) is 6.19. The van der Waals surface area contributed by atoms with Gasteiger partial charge in [0.1, 0.15) is 12.4 Å². The van der Waals surface area contributed by atoms with Gasteiger partial charge in [0, 0.05) is 44.0 Å². The Labute approximate surface area is 127 Å². The molecule has 2 unspecified atom stereocenters. The summed E-state index contributed by atoms with van der Waals surface area (Å²) < 4.78 is 5.20. The molecule has 1 aromatic heterocycles. The lowest BCUT2D eigenvalue weighted by Gasteiger charge is -2.30. The summed E-state index contributed by atoms with van der Waals surface area (Å²) in [5, 5.41) is 0. The van der Waals surface area contributed by atoms with Crippen LogP contribution in [-0.2, 0) is 11.3 Å². The average molecular weight is 290 g/mol. The third-order valence-corrected chi connectivity index (χ3v) is 4.74. The smallest absolute Gasteiger partial charge is 0.156 e. The normalized spacial score (nSPS) is 26.1. The van der Waals surface area contributed by atoms with E-state index in [2.05, 4.69) is 27.8 Å². The van der Waals surface area contributed by atoms with E-state index in [9.17, 15) is 0 Å². The number of ether oxygens (including phenoxy) is 1. The van der Waals surface area contributed by atoms with Crippen molar-refractivity contribution in [3.05, 3.63) is 17.6 Å². The first-order valence-electron chi connectivity index (χ1n) is 8.05. The molecular weight excluding hydrogens is 264 g/mol. The van der Waals surface area contributed by atoms with Crippen LogP contribution in [0.15, 0.2) is 6.07 Å². The topological polar surface area (TPSA) is 41.5 Å². The van der Waals surface area contributed by atoms with Crippen molar-refractivity contribution in [3.8, 4) is 0 Å². The minimum absolute atomic E-state index is 0.485. The van der Waals surface area contributed by atoms with E-state index in [1.165, 1.54) is 25.8 Å². The maximum Gasteiger partial charge on any atom is 0.156 e. The first-order valence-corrected chi connectivity index (χ1v) is 8.05. The van der Waals surface area contributed by atoms with Crippen molar-refractivity contribution in [2.75, 3.05) is 31.6 Å². The van der Waals surface area contributed by atoms with Gasteiger partial charge < -0.3 is 14.5 Å². The summed E-state index contributed by atoms with van der Waals surface area (Å²) in [6.45, 7) is 8.31. The van der Waals surface area contributed by atoms with Gasteiger partial charge >= 0.3 is 0 Å². The van der Waals surface area contributed by atoms with Crippen molar-refractivity contribution in [2.45, 2.75) is 51.8 Å². The molecule has 5 nitrogen and oxygen atoms in total. The molecule has 3 rings (SSSR count). The van der Waals surface area contributed by atoms with Crippen molar-refractivity contribution in [1.29, 1.82) is 0 Å². The van der Waals surface area contributed by atoms with E-state index in [-0.39, 0.29) is 0 Å². The Kier molecular flexibility index (Phi) is 4.40. The largest absolute Gasteiger partial charge is 0.377 e. The summed E-state index contributed by atoms with van der Waals surface area (Å²) in [7, 11) is 1.69. The molecule has 0 aromatic carbocycles. The lowest BCUT2D eigenvalue weighted by molar-refractivity contribution is 0.177. The first kappa shape index (κ1) is 14.7. The van der Waals surface area contributed by atoms with E-state index < -0.39 is 0 Å². The van der Waals surface area contributed by atoms with Crippen LogP contribution >= 0.6 is 0 Å². The van der Waals surface area contributed by atoms with E-state index in [1.54, 1.807) is 7.11 Å². The van der Waals surface area contributed by atoms with Gasteiger partial charge in [-0.15, -0.1) is 0 Å². The number of anilines is 1. The fourth-order valence-corrected chi connectivity index (χ4v) is 3.74. The fraction of sp³-hybridized carbons (Fsp3) is 0.750. The standard InChI is InChI=1S/C16H26N4O/c1-4-19-8-7-13-5-6-14(10-19)20(13)16-9-12(2)17-15(18-16)11-21-3/h9,13-14H,4-8,10-11H2,1-3H3. The van der Waals surface area contributed by atoms with Crippen molar-refractivity contribution in [3.63, 3.8) is 0 Å². The quantitative estimate of drug-likeness (QED) is 0.848. The van der Waals surface area contributed by atoms with Crippen molar-refractivity contribution in [2.24, 2.45) is 0 Å². The zero-order valence-electron chi connectivity index (χ0n) is 13.4. The van der Waals surface area contributed by atoms with Crippen LogP contribution in [-0.4, -0.2) is 53.7 Å². The van der Waals surface area contributed by atoms with E-state index >= 15 is 0 Å². The number of fused-ring (bicyclic) bond motifs is 2. The van der Waals surface area contributed by atoms with Gasteiger partial charge in [-0.25, -0.2) is 9.97 Å². The summed E-state index contributed by atoms with van der Waals surface area (Å²) in [6, 6.07) is 3.37. The predicted octanol–water partition coefficient (Wildman–Crippen LogP) is 1.99. The van der Waals surface area contributed by atoms with Crippen molar-refractivity contribution < 1.29 is 4.74 Å². The van der Waals surface area contributed by atoms with Crippen molar-refractivity contribution >= 4 is 5.82 Å². The monoisotopic (exact) mass is 290 g/mol. The zero-order valence-corrected chi connectivity index (χ0v) is 13.4. The number of nitrogens with zero attached hydrogens (tertiary/aromatic N) is 4. The van der Waals surface area contributed by atoms with Crippen LogP contribution in [0.1, 0.15) is 37.7 Å². The van der Waals surface area contributed by atoms with Gasteiger partial charge in [-0.1, -0.05) is 6.92 Å². The summed E-state index contributed by atoms with van der Waals surface area (Å²) in [4.78, 5) is 14.4. The highest BCUT2D eigenvalue weighted by Gasteiger charge is 2.37. The molecule has 2 fully saturated rings. The Bertz CT molecular complexity index is 493. The van der Waals surface area contributed by atoms with Crippen LogP contribution in [0.5, 0.6) is 0 Å². The summed E-state index contributed by atoms with van der Waals surface area (Å²) in [5.41, 5.74) is 1.03. The predicted molar refractivity (Wildman–Crippen MR) is 83.5 cm³/mol. The maximum absolute atomic E-state index is 5.20. The second kappa shape index (κ2) is 6.28. The van der Waals surface area contributed by atoms with Gasteiger partial charge in [0.2, 0.25) is 0 Å². The summed E-state index contributed by atoms with van der Waals surface area (Å²) in [5.74, 6) is 1.89. The lowest BCUT2D eigenvalue weighted by Crippen LogP contribution is -2.40. The Morgan fingerprint density at radius 2 is 2.05 bits per heavy atom. The molecule has 0 aliphatic carbocycles. The number of likely N-dealkylation sites (N-methyl/N-ethyl adjacent to an activating group) is 1. The minimum Gasteiger partial charge on any atom is -0.377 e. The molecule has 0 saturated carbocycles. The Morgan fingerprint density at radius 3 is 2.81 bits per heavy atom. The molecule has 116 valence electrons. The van der Waals surface area contributed by atoms with Gasteiger partial charge in [0.25, 0.3) is 0 Å². The average Bonchev–Trinajstić information content (AvgIpc) is 2.74. The van der Waals surface area contributed by atoms with Gasteiger partial charge in [0.05, 0.1) is 0 Å². The number of aryl methyl sites for hydroxylation is 1. The molecule has 2 atom stereocenters. The van der Waals surface area contributed by atoms with Crippen LogP contribution in [0.25, 0.3) is 0 Å². The van der Waals surface area contributed by atoms with Crippen molar-refractivity contribution in [1.82, 2.24) is 14.9 Å². The minimum atomic E-state index is 0.485. The van der Waals surface area contributed by atoms with Gasteiger partial charge in [-0.05, 0) is 32.7 Å². The molecule has 0 amide bonds. The van der Waals surface area contributed by atoms with E-state index in [0.717, 1.165) is 30.4 Å². The molecule has 5 heteroatoms. The molecule has 1 aromatic rings. The number of likely N-dealkylation sites (tertiary alicyclic amines) is 1. The Hall–Kier alpha value is -1.20. The fourth-order valence-electron chi connectivity index (χ4n) is 3.74. The number of aromatic nitrogens is 2. The van der Waals surface area contributed by atoms with E-state index in [4.69, 9.17) is 9.72 Å². The number of hydrogen-bond acceptors (Lipinski definition) is 5. The maximum atomic E-state index is 5.20. The number of hydrogen-bond donors (Lipinski definition) is 0. The highest BCUT2D eigenvalue weighted by molar-refractivity contribution is 5.44. The molecule has 3 heterocycles.